The minimum Gasteiger partial charge on any atom is -0.383 e. The van der Waals surface area contributed by atoms with Gasteiger partial charge < -0.3 is 24.1 Å². The predicted molar refractivity (Wildman–Crippen MR) is 63.6 cm³/mol. The normalized spacial score (nSPS) is 41.5. The van der Waals surface area contributed by atoms with Gasteiger partial charge in [-0.2, -0.15) is 0 Å². The van der Waals surface area contributed by atoms with E-state index < -0.39 is 11.2 Å². The van der Waals surface area contributed by atoms with Gasteiger partial charge in [0.25, 0.3) is 0 Å². The lowest BCUT2D eigenvalue weighted by Gasteiger charge is -2.23. The molecule has 0 aromatic heterocycles. The molecule has 2 heterocycles. The van der Waals surface area contributed by atoms with Crippen molar-refractivity contribution in [3.05, 3.63) is 0 Å². The van der Waals surface area contributed by atoms with Gasteiger partial charge >= 0.3 is 0 Å². The average Bonchev–Trinajstić information content (AvgIpc) is 2.68. The maximum Gasteiger partial charge on any atom is 0.186 e. The van der Waals surface area contributed by atoms with E-state index in [0.29, 0.717) is 5.75 Å². The van der Waals surface area contributed by atoms with Crippen molar-refractivity contribution in [1.29, 1.82) is 0 Å². The fraction of sp³-hybridized carbons (Fsp3) is 1.00. The molecule has 2 saturated heterocycles. The van der Waals surface area contributed by atoms with Crippen LogP contribution in [-0.4, -0.2) is 53.8 Å². The summed E-state index contributed by atoms with van der Waals surface area (Å²) in [6.45, 7) is 5.51. The molecule has 0 aliphatic carbocycles. The Kier molecular flexibility index (Phi) is 4.02. The van der Waals surface area contributed by atoms with Crippen LogP contribution in [0.5, 0.6) is 0 Å². The number of hydrogen-bond donors (Lipinski definition) is 1. The lowest BCUT2D eigenvalue weighted by molar-refractivity contribution is -0.224. The minimum absolute atomic E-state index is 0.105. The van der Waals surface area contributed by atoms with Gasteiger partial charge in [0.05, 0.1) is 11.5 Å². The first kappa shape index (κ1) is 13.6. The minimum atomic E-state index is -0.594. The smallest absolute Gasteiger partial charge is 0.186 e. The van der Waals surface area contributed by atoms with Crippen LogP contribution >= 0.6 is 11.8 Å². The zero-order chi connectivity index (χ0) is 12.6. The van der Waals surface area contributed by atoms with Crippen molar-refractivity contribution in [3.63, 3.8) is 0 Å². The van der Waals surface area contributed by atoms with Gasteiger partial charge in [0, 0.05) is 12.9 Å². The molecule has 2 rings (SSSR count). The van der Waals surface area contributed by atoms with Crippen LogP contribution in [0.3, 0.4) is 0 Å². The summed E-state index contributed by atoms with van der Waals surface area (Å²) in [6, 6.07) is 0. The molecule has 0 aromatic rings. The highest BCUT2D eigenvalue weighted by molar-refractivity contribution is 7.99. The summed E-state index contributed by atoms with van der Waals surface area (Å²) in [5.74, 6) is 0.0712. The molecule has 0 bridgehead atoms. The lowest BCUT2D eigenvalue weighted by Crippen LogP contribution is -2.31. The van der Waals surface area contributed by atoms with Gasteiger partial charge in [-0.1, -0.05) is 0 Å². The van der Waals surface area contributed by atoms with E-state index in [1.54, 1.807) is 14.0 Å². The van der Waals surface area contributed by atoms with Crippen molar-refractivity contribution >= 4 is 11.8 Å². The summed E-state index contributed by atoms with van der Waals surface area (Å²) >= 11 is 1.43. The van der Waals surface area contributed by atoms with Gasteiger partial charge in [-0.05, 0) is 20.8 Å². The summed E-state index contributed by atoms with van der Waals surface area (Å²) in [4.78, 5) is 0. The Morgan fingerprint density at radius 3 is 2.59 bits per heavy atom. The van der Waals surface area contributed by atoms with Crippen LogP contribution in [-0.2, 0) is 18.9 Å². The van der Waals surface area contributed by atoms with E-state index in [2.05, 4.69) is 0 Å². The highest BCUT2D eigenvalue weighted by Crippen LogP contribution is 2.39. The highest BCUT2D eigenvalue weighted by Gasteiger charge is 2.55. The molecule has 0 amide bonds. The third-order valence-electron chi connectivity index (χ3n) is 2.84. The molecule has 0 spiro atoms. The number of aliphatic hydroxyl groups is 1. The number of methoxy groups -OCH3 is 1. The van der Waals surface area contributed by atoms with Gasteiger partial charge in [-0.15, -0.1) is 11.8 Å². The molecule has 100 valence electrons. The summed E-state index contributed by atoms with van der Waals surface area (Å²) in [6.07, 6.45) is -0.802. The fourth-order valence-corrected chi connectivity index (χ4v) is 2.94. The molecule has 1 N–H and O–H groups in total. The van der Waals surface area contributed by atoms with Crippen LogP contribution in [0.1, 0.15) is 20.8 Å². The number of ether oxygens (including phenoxy) is 4. The SMILES string of the molecule is COC1O[C@H](CSC(C)O)[C@H]2OC(C)(C)O[C@@H]12. The Morgan fingerprint density at radius 2 is 2.00 bits per heavy atom. The van der Waals surface area contributed by atoms with Crippen LogP contribution in [0.25, 0.3) is 0 Å². The largest absolute Gasteiger partial charge is 0.383 e. The molecule has 5 atom stereocenters. The Hall–Kier alpha value is 0.150. The third kappa shape index (κ3) is 2.94. The van der Waals surface area contributed by atoms with Gasteiger partial charge in [-0.25, -0.2) is 0 Å². The first-order valence-corrected chi connectivity index (χ1v) is 6.81. The monoisotopic (exact) mass is 264 g/mol. The zero-order valence-corrected chi connectivity index (χ0v) is 11.4. The molecule has 2 unspecified atom stereocenters. The Morgan fingerprint density at radius 1 is 1.35 bits per heavy atom. The second-order valence-corrected chi connectivity index (χ2v) is 6.12. The first-order chi connectivity index (χ1) is 7.93. The summed E-state index contributed by atoms with van der Waals surface area (Å²) in [5, 5.41) is 9.28. The summed E-state index contributed by atoms with van der Waals surface area (Å²) < 4.78 is 22.6. The number of thioether (sulfide) groups is 1. The van der Waals surface area contributed by atoms with Crippen molar-refractivity contribution < 1.29 is 24.1 Å². The van der Waals surface area contributed by atoms with E-state index in [-0.39, 0.29) is 24.6 Å². The molecule has 2 aliphatic rings. The molecular formula is C11H20O5S. The van der Waals surface area contributed by atoms with Crippen LogP contribution in [0.4, 0.5) is 0 Å². The van der Waals surface area contributed by atoms with E-state index in [1.807, 2.05) is 13.8 Å². The van der Waals surface area contributed by atoms with Gasteiger partial charge in [0.15, 0.2) is 12.1 Å². The summed E-state index contributed by atoms with van der Waals surface area (Å²) in [7, 11) is 1.60. The predicted octanol–water partition coefficient (Wildman–Crippen LogP) is 0.949. The second-order valence-electron chi connectivity index (χ2n) is 4.78. The van der Waals surface area contributed by atoms with E-state index in [4.69, 9.17) is 18.9 Å². The zero-order valence-electron chi connectivity index (χ0n) is 10.6. The average molecular weight is 264 g/mol. The van der Waals surface area contributed by atoms with Crippen molar-refractivity contribution in [2.45, 2.75) is 56.6 Å². The quantitative estimate of drug-likeness (QED) is 0.763. The molecule has 2 fully saturated rings. The fourth-order valence-electron chi connectivity index (χ4n) is 2.20. The topological polar surface area (TPSA) is 57.2 Å². The van der Waals surface area contributed by atoms with Crippen LogP contribution < -0.4 is 0 Å². The maximum absolute atomic E-state index is 9.28. The van der Waals surface area contributed by atoms with Crippen LogP contribution in [0, 0.1) is 0 Å². The Balaban J connectivity index is 2.00. The van der Waals surface area contributed by atoms with E-state index in [9.17, 15) is 5.11 Å². The maximum atomic E-state index is 9.28. The second kappa shape index (κ2) is 5.03. The molecule has 5 nitrogen and oxygen atoms in total. The number of rotatable bonds is 4. The number of aliphatic hydroxyl groups excluding tert-OH is 1. The van der Waals surface area contributed by atoms with E-state index in [1.165, 1.54) is 11.8 Å². The molecular weight excluding hydrogens is 244 g/mol. The van der Waals surface area contributed by atoms with Crippen LogP contribution in [0.2, 0.25) is 0 Å². The number of hydrogen-bond acceptors (Lipinski definition) is 6. The highest BCUT2D eigenvalue weighted by atomic mass is 32.2. The Bertz CT molecular complexity index is 271. The van der Waals surface area contributed by atoms with Gasteiger partial charge in [0.2, 0.25) is 0 Å². The van der Waals surface area contributed by atoms with Crippen molar-refractivity contribution in [3.8, 4) is 0 Å². The summed E-state index contributed by atoms with van der Waals surface area (Å²) in [5.41, 5.74) is -0.408. The number of fused-ring (bicyclic) bond motifs is 1. The van der Waals surface area contributed by atoms with Crippen molar-refractivity contribution in [2.24, 2.45) is 0 Å². The Labute approximate surface area is 106 Å². The molecule has 2 aliphatic heterocycles. The van der Waals surface area contributed by atoms with Gasteiger partial charge in [0.1, 0.15) is 12.2 Å². The van der Waals surface area contributed by atoms with Crippen LogP contribution in [0.15, 0.2) is 0 Å². The van der Waals surface area contributed by atoms with Crippen molar-refractivity contribution in [2.75, 3.05) is 12.9 Å². The van der Waals surface area contributed by atoms with E-state index in [0.717, 1.165) is 0 Å². The molecule has 0 saturated carbocycles. The van der Waals surface area contributed by atoms with Crippen molar-refractivity contribution in [1.82, 2.24) is 0 Å². The molecule has 0 radical (unpaired) electrons. The third-order valence-corrected chi connectivity index (χ3v) is 3.84. The molecule has 17 heavy (non-hydrogen) atoms. The van der Waals surface area contributed by atoms with E-state index >= 15 is 0 Å². The standard InChI is InChI=1S/C11H20O5S/c1-6(12)17-5-7-8-9(10(13-4)14-7)16-11(2,3)15-8/h6-10,12H,5H2,1-4H3/t6?,7-,8-,9-,10?/m1/s1. The molecule has 6 heteroatoms. The lowest BCUT2D eigenvalue weighted by atomic mass is 10.2. The first-order valence-electron chi connectivity index (χ1n) is 5.76. The van der Waals surface area contributed by atoms with Gasteiger partial charge in [-0.3, -0.25) is 0 Å². The molecule has 0 aromatic carbocycles.